The Morgan fingerprint density at radius 1 is 1.21 bits per heavy atom. The van der Waals surface area contributed by atoms with Crippen LogP contribution in [0.25, 0.3) is 0 Å². The Bertz CT molecular complexity index is 429. The van der Waals surface area contributed by atoms with Gasteiger partial charge >= 0.3 is 12.1 Å². The molecule has 0 aliphatic carbocycles. The van der Waals surface area contributed by atoms with Gasteiger partial charge in [0.15, 0.2) is 0 Å². The summed E-state index contributed by atoms with van der Waals surface area (Å²) >= 11 is 0. The molecule has 0 aliphatic heterocycles. The average molecular weight is 268 g/mol. The zero-order valence-electron chi connectivity index (χ0n) is 10.9. The lowest BCUT2D eigenvalue weighted by atomic mass is 10.1. The van der Waals surface area contributed by atoms with Crippen LogP contribution in [0.2, 0.25) is 0 Å². The van der Waals surface area contributed by atoms with Crippen LogP contribution in [0.3, 0.4) is 0 Å². The minimum Gasteiger partial charge on any atom is -0.432 e. The molecule has 6 nitrogen and oxygen atoms in total. The Morgan fingerprint density at radius 2 is 2.00 bits per heavy atom. The normalized spacial score (nSPS) is 9.79. The first-order valence-electron chi connectivity index (χ1n) is 5.92. The Kier molecular flexibility index (Phi) is 6.38. The van der Waals surface area contributed by atoms with E-state index >= 15 is 0 Å². The standard InChI is InChI=1S/C13H16O6/c1-3-4-8-16-13(15)18-19-17-12(14)11-7-5-6-10(2)9-11/h5-7,9H,3-4,8H2,1-2H3. The first-order valence-corrected chi connectivity index (χ1v) is 5.92. The summed E-state index contributed by atoms with van der Waals surface area (Å²) in [7, 11) is 0. The van der Waals surface area contributed by atoms with Crippen molar-refractivity contribution in [2.24, 2.45) is 0 Å². The molecule has 0 unspecified atom stereocenters. The van der Waals surface area contributed by atoms with E-state index in [2.05, 4.69) is 19.6 Å². The van der Waals surface area contributed by atoms with E-state index in [0.717, 1.165) is 18.4 Å². The van der Waals surface area contributed by atoms with Crippen molar-refractivity contribution in [3.05, 3.63) is 35.4 Å². The van der Waals surface area contributed by atoms with E-state index in [-0.39, 0.29) is 6.61 Å². The molecule has 0 amide bonds. The van der Waals surface area contributed by atoms with Gasteiger partial charge in [-0.1, -0.05) is 31.0 Å². The van der Waals surface area contributed by atoms with Crippen molar-refractivity contribution in [3.63, 3.8) is 0 Å². The van der Waals surface area contributed by atoms with Crippen molar-refractivity contribution >= 4 is 12.1 Å². The molecule has 0 bridgehead atoms. The van der Waals surface area contributed by atoms with Gasteiger partial charge in [-0.25, -0.2) is 14.5 Å². The molecule has 0 fully saturated rings. The Balaban J connectivity index is 2.25. The number of unbranched alkanes of at least 4 members (excludes halogenated alkanes) is 1. The summed E-state index contributed by atoms with van der Waals surface area (Å²) in [6.45, 7) is 4.01. The highest BCUT2D eigenvalue weighted by atomic mass is 17.5. The van der Waals surface area contributed by atoms with Gasteiger partial charge in [0.25, 0.3) is 0 Å². The van der Waals surface area contributed by atoms with Crippen molar-refractivity contribution in [1.82, 2.24) is 0 Å². The third kappa shape index (κ3) is 5.87. The highest BCUT2D eigenvalue weighted by molar-refractivity contribution is 5.89. The van der Waals surface area contributed by atoms with E-state index in [9.17, 15) is 9.59 Å². The predicted octanol–water partition coefficient (Wildman–Crippen LogP) is 2.95. The van der Waals surface area contributed by atoms with Gasteiger partial charge in [-0.3, -0.25) is 4.89 Å². The maximum Gasteiger partial charge on any atom is 0.543 e. The maximum atomic E-state index is 11.5. The summed E-state index contributed by atoms with van der Waals surface area (Å²) in [6, 6.07) is 6.70. The first kappa shape index (κ1) is 15.0. The van der Waals surface area contributed by atoms with Crippen molar-refractivity contribution in [1.29, 1.82) is 0 Å². The lowest BCUT2D eigenvalue weighted by molar-refractivity contribution is -0.452. The fourth-order valence-electron chi connectivity index (χ4n) is 1.22. The number of benzene rings is 1. The molecule has 1 aromatic carbocycles. The Morgan fingerprint density at radius 3 is 2.68 bits per heavy atom. The summed E-state index contributed by atoms with van der Waals surface area (Å²) in [5, 5.41) is 4.06. The van der Waals surface area contributed by atoms with E-state index in [1.165, 1.54) is 0 Å². The number of ether oxygens (including phenoxy) is 1. The molecule has 0 saturated carbocycles. The monoisotopic (exact) mass is 268 g/mol. The van der Waals surface area contributed by atoms with Gasteiger partial charge in [-0.15, -0.1) is 0 Å². The minimum absolute atomic E-state index is 0.227. The Labute approximate surface area is 111 Å². The molecule has 0 heterocycles. The molecule has 0 aromatic heterocycles. The smallest absolute Gasteiger partial charge is 0.432 e. The summed E-state index contributed by atoms with van der Waals surface area (Å²) in [5.74, 6) is -0.759. The highest BCUT2D eigenvalue weighted by Gasteiger charge is 2.11. The second kappa shape index (κ2) is 8.10. The number of aryl methyl sites for hydroxylation is 1. The van der Waals surface area contributed by atoms with Crippen LogP contribution < -0.4 is 0 Å². The van der Waals surface area contributed by atoms with Crippen LogP contribution in [0.5, 0.6) is 0 Å². The second-order valence-corrected chi connectivity index (χ2v) is 3.84. The molecule has 104 valence electrons. The van der Waals surface area contributed by atoms with Gasteiger partial charge in [-0.05, 0) is 25.5 Å². The number of hydrogen-bond donors (Lipinski definition) is 0. The molecule has 6 heteroatoms. The summed E-state index contributed by atoms with van der Waals surface area (Å²) in [5.41, 5.74) is 1.19. The number of rotatable bonds is 6. The van der Waals surface area contributed by atoms with Crippen molar-refractivity contribution in [2.75, 3.05) is 6.61 Å². The van der Waals surface area contributed by atoms with Crippen LogP contribution in [0.1, 0.15) is 35.7 Å². The Hall–Kier alpha value is -2.08. The van der Waals surface area contributed by atoms with Crippen LogP contribution in [0.4, 0.5) is 4.79 Å². The predicted molar refractivity (Wildman–Crippen MR) is 65.0 cm³/mol. The van der Waals surface area contributed by atoms with Crippen molar-refractivity contribution in [2.45, 2.75) is 26.7 Å². The maximum absolute atomic E-state index is 11.5. The van der Waals surface area contributed by atoms with Crippen LogP contribution in [-0.2, 0) is 19.6 Å². The summed E-state index contributed by atoms with van der Waals surface area (Å²) in [6.07, 6.45) is 0.555. The van der Waals surface area contributed by atoms with E-state index in [1.807, 2.05) is 19.9 Å². The summed E-state index contributed by atoms with van der Waals surface area (Å²) < 4.78 is 4.61. The lowest BCUT2D eigenvalue weighted by Crippen LogP contribution is -2.12. The molecular weight excluding hydrogens is 252 g/mol. The van der Waals surface area contributed by atoms with E-state index in [1.54, 1.807) is 18.2 Å². The van der Waals surface area contributed by atoms with Gasteiger partial charge < -0.3 is 4.74 Å². The number of carbonyl (C=O) groups is 2. The van der Waals surface area contributed by atoms with Crippen molar-refractivity contribution < 1.29 is 29.1 Å². The van der Waals surface area contributed by atoms with E-state index in [0.29, 0.717) is 5.56 Å². The zero-order chi connectivity index (χ0) is 14.1. The van der Waals surface area contributed by atoms with Gasteiger partial charge in [0.2, 0.25) is 0 Å². The number of hydrogen-bond acceptors (Lipinski definition) is 6. The molecule has 19 heavy (non-hydrogen) atoms. The molecule has 0 spiro atoms. The fraction of sp³-hybridized carbons (Fsp3) is 0.385. The molecule has 0 aliphatic rings. The van der Waals surface area contributed by atoms with Crippen LogP contribution >= 0.6 is 0 Å². The first-order chi connectivity index (χ1) is 9.13. The molecule has 0 N–H and O–H groups in total. The van der Waals surface area contributed by atoms with E-state index in [4.69, 9.17) is 0 Å². The number of carbonyl (C=O) groups excluding carboxylic acids is 2. The van der Waals surface area contributed by atoms with Crippen LogP contribution in [0, 0.1) is 6.92 Å². The lowest BCUT2D eigenvalue weighted by Gasteiger charge is -2.03. The fourth-order valence-corrected chi connectivity index (χ4v) is 1.22. The van der Waals surface area contributed by atoms with Crippen LogP contribution in [0.15, 0.2) is 24.3 Å². The van der Waals surface area contributed by atoms with Gasteiger partial charge in [0.05, 0.1) is 17.2 Å². The SMILES string of the molecule is CCCCOC(=O)OOOC(=O)c1cccc(C)c1. The largest absolute Gasteiger partial charge is 0.543 e. The minimum atomic E-state index is -1.05. The van der Waals surface area contributed by atoms with Gasteiger partial charge in [0.1, 0.15) is 0 Å². The third-order valence-corrected chi connectivity index (χ3v) is 2.18. The quantitative estimate of drug-likeness (QED) is 0.342. The molecular formula is C13H16O6. The highest BCUT2D eigenvalue weighted by Crippen LogP contribution is 2.06. The molecule has 0 radical (unpaired) electrons. The third-order valence-electron chi connectivity index (χ3n) is 2.18. The molecule has 1 rings (SSSR count). The topological polar surface area (TPSA) is 71.1 Å². The second-order valence-electron chi connectivity index (χ2n) is 3.84. The molecule has 1 aromatic rings. The van der Waals surface area contributed by atoms with Crippen molar-refractivity contribution in [3.8, 4) is 0 Å². The van der Waals surface area contributed by atoms with Gasteiger partial charge in [0, 0.05) is 0 Å². The zero-order valence-corrected chi connectivity index (χ0v) is 10.9. The van der Waals surface area contributed by atoms with E-state index < -0.39 is 12.1 Å². The average Bonchev–Trinajstić information content (AvgIpc) is 2.39. The van der Waals surface area contributed by atoms with Gasteiger partial charge in [-0.2, -0.15) is 0 Å². The molecule has 0 atom stereocenters. The van der Waals surface area contributed by atoms with Crippen LogP contribution in [-0.4, -0.2) is 18.7 Å². The summed E-state index contributed by atoms with van der Waals surface area (Å²) in [4.78, 5) is 30.8. The molecule has 0 saturated heterocycles.